The average Bonchev–Trinajstić information content (AvgIpc) is 2.34. The zero-order valence-electron chi connectivity index (χ0n) is 9.46. The van der Waals surface area contributed by atoms with Crippen molar-refractivity contribution in [1.82, 2.24) is 4.98 Å². The highest BCUT2D eigenvalue weighted by Crippen LogP contribution is 2.27. The second kappa shape index (κ2) is 5.01. The van der Waals surface area contributed by atoms with Gasteiger partial charge in [0.05, 0.1) is 4.92 Å². The number of pyridine rings is 1. The van der Waals surface area contributed by atoms with Crippen LogP contribution in [-0.4, -0.2) is 9.91 Å². The summed E-state index contributed by atoms with van der Waals surface area (Å²) in [5.41, 5.74) is 0.824. The largest absolute Gasteiger partial charge is 0.439 e. The second-order valence-electron chi connectivity index (χ2n) is 3.62. The van der Waals surface area contributed by atoms with Gasteiger partial charge in [-0.15, -0.1) is 0 Å². The Kier molecular flexibility index (Phi) is 3.43. The Morgan fingerprint density at radius 3 is 2.72 bits per heavy atom. The number of aryl methyl sites for hydroxylation is 1. The molecule has 18 heavy (non-hydrogen) atoms. The van der Waals surface area contributed by atoms with Crippen molar-refractivity contribution in [2.75, 3.05) is 0 Å². The zero-order valence-corrected chi connectivity index (χ0v) is 10.2. The number of hydrogen-bond donors (Lipinski definition) is 0. The molecule has 0 saturated carbocycles. The lowest BCUT2D eigenvalue weighted by Crippen LogP contribution is -1.92. The third-order valence-corrected chi connectivity index (χ3v) is 2.53. The summed E-state index contributed by atoms with van der Waals surface area (Å²) in [6.45, 7) is 1.87. The number of rotatable bonds is 3. The molecule has 0 spiro atoms. The molecule has 0 aliphatic heterocycles. The van der Waals surface area contributed by atoms with Crippen molar-refractivity contribution in [1.29, 1.82) is 0 Å². The second-order valence-corrected chi connectivity index (χ2v) is 4.06. The highest BCUT2D eigenvalue weighted by atomic mass is 35.5. The predicted molar refractivity (Wildman–Crippen MR) is 67.2 cm³/mol. The summed E-state index contributed by atoms with van der Waals surface area (Å²) in [6, 6.07) is 8.02. The van der Waals surface area contributed by atoms with Gasteiger partial charge in [0.2, 0.25) is 5.88 Å². The van der Waals surface area contributed by atoms with Crippen molar-refractivity contribution in [3.05, 3.63) is 57.2 Å². The maximum Gasteiger partial charge on any atom is 0.287 e. The summed E-state index contributed by atoms with van der Waals surface area (Å²) < 4.78 is 5.51. The molecule has 0 radical (unpaired) electrons. The lowest BCUT2D eigenvalue weighted by atomic mass is 10.2. The highest BCUT2D eigenvalue weighted by molar-refractivity contribution is 6.30. The molecule has 92 valence electrons. The summed E-state index contributed by atoms with van der Waals surface area (Å²) in [7, 11) is 0. The quantitative estimate of drug-likeness (QED) is 0.626. The fourth-order valence-corrected chi connectivity index (χ4v) is 1.50. The zero-order chi connectivity index (χ0) is 13.1. The van der Waals surface area contributed by atoms with Gasteiger partial charge in [-0.2, -0.15) is 0 Å². The number of aromatic nitrogens is 1. The molecule has 0 aliphatic carbocycles. The van der Waals surface area contributed by atoms with Crippen LogP contribution in [0.5, 0.6) is 11.6 Å². The van der Waals surface area contributed by atoms with Crippen molar-refractivity contribution in [2.45, 2.75) is 6.92 Å². The van der Waals surface area contributed by atoms with Gasteiger partial charge in [-0.05, 0) is 24.6 Å². The molecule has 1 aromatic heterocycles. The molecule has 1 heterocycles. The third kappa shape index (κ3) is 2.75. The van der Waals surface area contributed by atoms with E-state index >= 15 is 0 Å². The molecule has 0 atom stereocenters. The van der Waals surface area contributed by atoms with E-state index < -0.39 is 4.92 Å². The van der Waals surface area contributed by atoms with Gasteiger partial charge in [0, 0.05) is 17.2 Å². The van der Waals surface area contributed by atoms with Crippen LogP contribution in [0.4, 0.5) is 5.69 Å². The van der Waals surface area contributed by atoms with E-state index in [0.29, 0.717) is 10.8 Å². The first-order chi connectivity index (χ1) is 8.56. The number of halogens is 1. The molecule has 5 nitrogen and oxygen atoms in total. The SMILES string of the molecule is Cc1ccc(Cl)cc1Oc1ccc([N+](=O)[O-])cn1. The lowest BCUT2D eigenvalue weighted by Gasteiger charge is -2.07. The molecule has 0 unspecified atom stereocenters. The Bertz CT molecular complexity index is 584. The molecule has 2 rings (SSSR count). The van der Waals surface area contributed by atoms with Gasteiger partial charge in [-0.3, -0.25) is 10.1 Å². The first-order valence-electron chi connectivity index (χ1n) is 5.11. The molecule has 2 aromatic rings. The van der Waals surface area contributed by atoms with Gasteiger partial charge in [0.1, 0.15) is 11.9 Å². The maximum absolute atomic E-state index is 10.5. The molecule has 0 aliphatic rings. The molecule has 1 aromatic carbocycles. The Labute approximate surface area is 108 Å². The van der Waals surface area contributed by atoms with E-state index in [1.807, 2.05) is 13.0 Å². The monoisotopic (exact) mass is 264 g/mol. The Morgan fingerprint density at radius 2 is 2.11 bits per heavy atom. The number of nitro groups is 1. The Morgan fingerprint density at radius 1 is 1.33 bits per heavy atom. The molecule has 0 amide bonds. The standard InChI is InChI=1S/C12H9ClN2O3/c1-8-2-3-9(13)6-11(8)18-12-5-4-10(7-14-12)15(16)17/h2-7H,1H3. The predicted octanol–water partition coefficient (Wildman–Crippen LogP) is 3.74. The van der Waals surface area contributed by atoms with Crippen LogP contribution >= 0.6 is 11.6 Å². The Hall–Kier alpha value is -2.14. The summed E-state index contributed by atoms with van der Waals surface area (Å²) in [4.78, 5) is 13.8. The van der Waals surface area contributed by atoms with Gasteiger partial charge in [-0.25, -0.2) is 4.98 Å². The first-order valence-corrected chi connectivity index (χ1v) is 5.48. The van der Waals surface area contributed by atoms with Gasteiger partial charge in [-0.1, -0.05) is 17.7 Å². The fourth-order valence-electron chi connectivity index (χ4n) is 1.34. The van der Waals surface area contributed by atoms with E-state index in [1.165, 1.54) is 12.1 Å². The normalized spacial score (nSPS) is 10.1. The van der Waals surface area contributed by atoms with Crippen molar-refractivity contribution < 1.29 is 9.66 Å². The minimum absolute atomic E-state index is 0.0785. The van der Waals surface area contributed by atoms with Gasteiger partial charge >= 0.3 is 0 Å². The summed E-state index contributed by atoms with van der Waals surface area (Å²) in [5, 5.41) is 11.0. The molecule has 0 saturated heterocycles. The molecular formula is C12H9ClN2O3. The number of benzene rings is 1. The van der Waals surface area contributed by atoms with Crippen LogP contribution in [-0.2, 0) is 0 Å². The van der Waals surface area contributed by atoms with Crippen LogP contribution in [0.3, 0.4) is 0 Å². The minimum Gasteiger partial charge on any atom is -0.439 e. The Balaban J connectivity index is 2.23. The molecule has 6 heteroatoms. The van der Waals surface area contributed by atoms with E-state index in [2.05, 4.69) is 4.98 Å². The summed E-state index contributed by atoms with van der Waals surface area (Å²) in [5.74, 6) is 0.856. The van der Waals surface area contributed by atoms with Crippen LogP contribution in [0.15, 0.2) is 36.5 Å². The highest BCUT2D eigenvalue weighted by Gasteiger charge is 2.07. The topological polar surface area (TPSA) is 65.3 Å². The molecule has 0 bridgehead atoms. The van der Waals surface area contributed by atoms with Crippen molar-refractivity contribution in [3.63, 3.8) is 0 Å². The van der Waals surface area contributed by atoms with Crippen LogP contribution in [0.25, 0.3) is 0 Å². The van der Waals surface area contributed by atoms with E-state index in [0.717, 1.165) is 11.8 Å². The molecular weight excluding hydrogens is 256 g/mol. The van der Waals surface area contributed by atoms with Crippen LogP contribution in [0.1, 0.15) is 5.56 Å². The average molecular weight is 265 g/mol. The van der Waals surface area contributed by atoms with Crippen LogP contribution < -0.4 is 4.74 Å². The van der Waals surface area contributed by atoms with Gasteiger partial charge in [0.25, 0.3) is 5.69 Å². The van der Waals surface area contributed by atoms with Crippen molar-refractivity contribution >= 4 is 17.3 Å². The van der Waals surface area contributed by atoms with Crippen molar-refractivity contribution in [2.24, 2.45) is 0 Å². The number of ether oxygens (including phenoxy) is 1. The lowest BCUT2D eigenvalue weighted by molar-refractivity contribution is -0.385. The van der Waals surface area contributed by atoms with Crippen LogP contribution in [0.2, 0.25) is 5.02 Å². The fraction of sp³-hybridized carbons (Fsp3) is 0.0833. The first kappa shape index (κ1) is 12.3. The van der Waals surface area contributed by atoms with E-state index in [4.69, 9.17) is 16.3 Å². The summed E-state index contributed by atoms with van der Waals surface area (Å²) in [6.07, 6.45) is 1.15. The van der Waals surface area contributed by atoms with Crippen molar-refractivity contribution in [3.8, 4) is 11.6 Å². The number of hydrogen-bond acceptors (Lipinski definition) is 4. The van der Waals surface area contributed by atoms with E-state index in [1.54, 1.807) is 12.1 Å². The van der Waals surface area contributed by atoms with Gasteiger partial charge in [0.15, 0.2) is 0 Å². The van der Waals surface area contributed by atoms with E-state index in [9.17, 15) is 10.1 Å². The molecule has 0 N–H and O–H groups in total. The van der Waals surface area contributed by atoms with Crippen LogP contribution in [0, 0.1) is 17.0 Å². The summed E-state index contributed by atoms with van der Waals surface area (Å²) >= 11 is 5.86. The van der Waals surface area contributed by atoms with Gasteiger partial charge < -0.3 is 4.74 Å². The smallest absolute Gasteiger partial charge is 0.287 e. The number of nitrogens with zero attached hydrogens (tertiary/aromatic N) is 2. The minimum atomic E-state index is -0.512. The maximum atomic E-state index is 10.5. The van der Waals surface area contributed by atoms with E-state index in [-0.39, 0.29) is 11.6 Å². The molecule has 0 fully saturated rings. The third-order valence-electron chi connectivity index (χ3n) is 2.30.